The lowest BCUT2D eigenvalue weighted by atomic mass is 10.2. The third-order valence-corrected chi connectivity index (χ3v) is 2.30. The van der Waals surface area contributed by atoms with Gasteiger partial charge < -0.3 is 9.30 Å². The van der Waals surface area contributed by atoms with Gasteiger partial charge in [0.1, 0.15) is 12.2 Å². The van der Waals surface area contributed by atoms with E-state index in [2.05, 4.69) is 10.2 Å². The van der Waals surface area contributed by atoms with Gasteiger partial charge in [-0.25, -0.2) is 0 Å². The van der Waals surface area contributed by atoms with E-state index in [1.165, 1.54) is 0 Å². The Hall–Kier alpha value is -0.610. The fourth-order valence-electron chi connectivity index (χ4n) is 1.27. The monoisotopic (exact) mass is 217 g/mol. The number of methoxy groups -OCH3 is 1. The molecule has 0 aliphatic heterocycles. The fraction of sp³-hybridized carbons (Fsp3) is 0.778. The molecule has 0 aromatic carbocycles. The zero-order valence-corrected chi connectivity index (χ0v) is 9.20. The molecule has 0 radical (unpaired) electrons. The van der Waals surface area contributed by atoms with Crippen LogP contribution in [0.15, 0.2) is 6.33 Å². The van der Waals surface area contributed by atoms with Gasteiger partial charge >= 0.3 is 0 Å². The molecule has 0 spiro atoms. The topological polar surface area (TPSA) is 39.9 Å². The Morgan fingerprint density at radius 3 is 3.00 bits per heavy atom. The summed E-state index contributed by atoms with van der Waals surface area (Å²) in [5.41, 5.74) is 0. The minimum absolute atomic E-state index is 0.429. The highest BCUT2D eigenvalue weighted by molar-refractivity contribution is 6.16. The van der Waals surface area contributed by atoms with E-state index in [9.17, 15) is 0 Å². The minimum Gasteiger partial charge on any atom is -0.385 e. The summed E-state index contributed by atoms with van der Waals surface area (Å²) in [5, 5.41) is 7.72. The number of rotatable bonds is 7. The second kappa shape index (κ2) is 6.79. The van der Waals surface area contributed by atoms with Gasteiger partial charge in [0, 0.05) is 20.3 Å². The maximum atomic E-state index is 5.69. The molecule has 1 heterocycles. The van der Waals surface area contributed by atoms with Crippen molar-refractivity contribution < 1.29 is 4.74 Å². The first-order chi connectivity index (χ1) is 6.88. The van der Waals surface area contributed by atoms with Crippen molar-refractivity contribution >= 4 is 11.6 Å². The molecule has 0 N–H and O–H groups in total. The maximum absolute atomic E-state index is 5.69. The molecule has 1 rings (SSSR count). The van der Waals surface area contributed by atoms with Crippen LogP contribution in [0.5, 0.6) is 0 Å². The first kappa shape index (κ1) is 11.5. The molecule has 0 saturated carbocycles. The van der Waals surface area contributed by atoms with Crippen molar-refractivity contribution in [3.05, 3.63) is 12.2 Å². The number of ether oxygens (including phenoxy) is 1. The van der Waals surface area contributed by atoms with E-state index in [1.807, 2.05) is 4.57 Å². The normalized spacial score (nSPS) is 10.7. The van der Waals surface area contributed by atoms with Crippen LogP contribution in [0.2, 0.25) is 0 Å². The Morgan fingerprint density at radius 2 is 2.29 bits per heavy atom. The van der Waals surface area contributed by atoms with Crippen LogP contribution in [0, 0.1) is 0 Å². The summed E-state index contributed by atoms with van der Waals surface area (Å²) in [7, 11) is 1.73. The maximum Gasteiger partial charge on any atom is 0.147 e. The molecule has 0 atom stereocenters. The second-order valence-corrected chi connectivity index (χ2v) is 3.39. The second-order valence-electron chi connectivity index (χ2n) is 3.13. The molecular weight excluding hydrogens is 202 g/mol. The van der Waals surface area contributed by atoms with Crippen LogP contribution in [-0.2, 0) is 17.2 Å². The number of halogens is 1. The lowest BCUT2D eigenvalue weighted by Gasteiger charge is -2.03. The van der Waals surface area contributed by atoms with Crippen LogP contribution in [0.25, 0.3) is 0 Å². The average molecular weight is 218 g/mol. The quantitative estimate of drug-likeness (QED) is 0.517. The lowest BCUT2D eigenvalue weighted by molar-refractivity contribution is 0.191. The first-order valence-corrected chi connectivity index (χ1v) is 5.33. The van der Waals surface area contributed by atoms with Gasteiger partial charge in [-0.1, -0.05) is 0 Å². The molecule has 14 heavy (non-hydrogen) atoms. The molecular formula is C9H16ClN3O. The third kappa shape index (κ3) is 3.64. The zero-order chi connectivity index (χ0) is 10.2. The van der Waals surface area contributed by atoms with Crippen LogP contribution < -0.4 is 0 Å². The third-order valence-electron chi connectivity index (χ3n) is 2.06. The average Bonchev–Trinajstić information content (AvgIpc) is 2.65. The standard InChI is InChI=1S/C9H16ClN3O/c1-14-6-4-2-3-5-13-8-11-12-9(13)7-10/h8H,2-7H2,1H3. The molecule has 0 aliphatic rings. The predicted octanol–water partition coefficient (Wildman–Crippen LogP) is 1.83. The van der Waals surface area contributed by atoms with Gasteiger partial charge in [0.25, 0.3) is 0 Å². The molecule has 0 unspecified atom stereocenters. The smallest absolute Gasteiger partial charge is 0.147 e. The van der Waals surface area contributed by atoms with Crippen molar-refractivity contribution in [3.63, 3.8) is 0 Å². The number of unbranched alkanes of at least 4 members (excludes halogenated alkanes) is 2. The number of aromatic nitrogens is 3. The first-order valence-electron chi connectivity index (χ1n) is 4.80. The number of aryl methyl sites for hydroxylation is 1. The van der Waals surface area contributed by atoms with Gasteiger partial charge in [0.2, 0.25) is 0 Å². The van der Waals surface area contributed by atoms with Crippen molar-refractivity contribution in [2.24, 2.45) is 0 Å². The number of hydrogen-bond donors (Lipinski definition) is 0. The van der Waals surface area contributed by atoms with E-state index in [0.717, 1.165) is 38.2 Å². The van der Waals surface area contributed by atoms with E-state index >= 15 is 0 Å². The Labute approximate surface area is 89.2 Å². The highest BCUT2D eigenvalue weighted by atomic mass is 35.5. The summed E-state index contributed by atoms with van der Waals surface area (Å²) in [5.74, 6) is 1.27. The molecule has 0 fully saturated rings. The molecule has 4 nitrogen and oxygen atoms in total. The van der Waals surface area contributed by atoms with E-state index in [4.69, 9.17) is 16.3 Å². The van der Waals surface area contributed by atoms with Crippen LogP contribution in [0.1, 0.15) is 25.1 Å². The summed E-state index contributed by atoms with van der Waals surface area (Å²) in [4.78, 5) is 0. The van der Waals surface area contributed by atoms with E-state index in [-0.39, 0.29) is 0 Å². The molecule has 0 saturated heterocycles. The highest BCUT2D eigenvalue weighted by Crippen LogP contribution is 2.03. The summed E-state index contributed by atoms with van der Waals surface area (Å²) < 4.78 is 6.97. The molecule has 80 valence electrons. The van der Waals surface area contributed by atoms with Crippen LogP contribution >= 0.6 is 11.6 Å². The Balaban J connectivity index is 2.17. The number of alkyl halides is 1. The zero-order valence-electron chi connectivity index (χ0n) is 8.45. The van der Waals surface area contributed by atoms with Gasteiger partial charge in [-0.2, -0.15) is 0 Å². The predicted molar refractivity (Wildman–Crippen MR) is 55.3 cm³/mol. The number of nitrogens with zero attached hydrogens (tertiary/aromatic N) is 3. The van der Waals surface area contributed by atoms with Gasteiger partial charge in [0.05, 0.1) is 5.88 Å². The largest absolute Gasteiger partial charge is 0.385 e. The Kier molecular flexibility index (Phi) is 5.56. The van der Waals surface area contributed by atoms with Gasteiger partial charge in [0.15, 0.2) is 0 Å². The molecule has 0 amide bonds. The molecule has 0 bridgehead atoms. The van der Waals surface area contributed by atoms with Gasteiger partial charge in [-0.15, -0.1) is 21.8 Å². The molecule has 5 heteroatoms. The van der Waals surface area contributed by atoms with Crippen molar-refractivity contribution in [2.75, 3.05) is 13.7 Å². The SMILES string of the molecule is COCCCCCn1cnnc1CCl. The Morgan fingerprint density at radius 1 is 1.43 bits per heavy atom. The van der Waals surface area contributed by atoms with E-state index < -0.39 is 0 Å². The van der Waals surface area contributed by atoms with E-state index in [0.29, 0.717) is 5.88 Å². The van der Waals surface area contributed by atoms with Crippen molar-refractivity contribution in [1.82, 2.24) is 14.8 Å². The summed E-state index contributed by atoms with van der Waals surface area (Å²) in [6, 6.07) is 0. The van der Waals surface area contributed by atoms with Crippen LogP contribution in [0.3, 0.4) is 0 Å². The van der Waals surface area contributed by atoms with E-state index in [1.54, 1.807) is 13.4 Å². The Bertz CT molecular complexity index is 252. The molecule has 1 aromatic rings. The summed E-state index contributed by atoms with van der Waals surface area (Å²) >= 11 is 5.69. The lowest BCUT2D eigenvalue weighted by Crippen LogP contribution is -2.01. The summed E-state index contributed by atoms with van der Waals surface area (Å²) in [6.07, 6.45) is 5.11. The van der Waals surface area contributed by atoms with Gasteiger partial charge in [-0.05, 0) is 19.3 Å². The van der Waals surface area contributed by atoms with Crippen LogP contribution in [-0.4, -0.2) is 28.5 Å². The summed E-state index contributed by atoms with van der Waals surface area (Å²) in [6.45, 7) is 1.78. The number of hydrogen-bond acceptors (Lipinski definition) is 3. The van der Waals surface area contributed by atoms with Crippen molar-refractivity contribution in [1.29, 1.82) is 0 Å². The highest BCUT2D eigenvalue weighted by Gasteiger charge is 2.01. The molecule has 0 aliphatic carbocycles. The fourth-order valence-corrected chi connectivity index (χ4v) is 1.48. The molecule has 1 aromatic heterocycles. The minimum atomic E-state index is 0.429. The van der Waals surface area contributed by atoms with Crippen molar-refractivity contribution in [3.8, 4) is 0 Å². The van der Waals surface area contributed by atoms with Crippen molar-refractivity contribution in [2.45, 2.75) is 31.7 Å². The van der Waals surface area contributed by atoms with Crippen LogP contribution in [0.4, 0.5) is 0 Å². The van der Waals surface area contributed by atoms with Gasteiger partial charge in [-0.3, -0.25) is 0 Å².